The number of hydrogen-bond donors (Lipinski definition) is 1. The van der Waals surface area contributed by atoms with Crippen molar-refractivity contribution in [1.29, 1.82) is 5.26 Å². The fourth-order valence-corrected chi connectivity index (χ4v) is 5.12. The maximum atomic E-state index is 12.3. The van der Waals surface area contributed by atoms with Gasteiger partial charge in [-0.3, -0.25) is 9.59 Å². The first-order chi connectivity index (χ1) is 14.0. The highest BCUT2D eigenvalue weighted by Gasteiger charge is 2.35. The molecule has 1 amide bonds. The lowest BCUT2D eigenvalue weighted by molar-refractivity contribution is -0.113. The van der Waals surface area contributed by atoms with Crippen LogP contribution in [0, 0.1) is 17.2 Å². The first-order valence-corrected chi connectivity index (χ1v) is 10.8. The molecule has 0 radical (unpaired) electrons. The number of rotatable bonds is 3. The number of piperidine rings is 1. The molecule has 0 saturated carbocycles. The highest BCUT2D eigenvalue weighted by atomic mass is 32.2. The Hall–Kier alpha value is -2.63. The average Bonchev–Trinajstić information content (AvgIpc) is 2.73. The number of thiocarbonyl (C=S) groups is 1. The average molecular weight is 425 g/mol. The van der Waals surface area contributed by atoms with Crippen LogP contribution in [0.3, 0.4) is 0 Å². The van der Waals surface area contributed by atoms with Crippen molar-refractivity contribution in [2.45, 2.75) is 18.9 Å². The summed E-state index contributed by atoms with van der Waals surface area (Å²) < 4.78 is 2.60. The third kappa shape index (κ3) is 4.21. The molecule has 2 aliphatic rings. The van der Waals surface area contributed by atoms with Gasteiger partial charge < -0.3 is 14.8 Å². The van der Waals surface area contributed by atoms with E-state index in [1.54, 1.807) is 30.3 Å². The minimum Gasteiger partial charge on any atom is -0.356 e. The van der Waals surface area contributed by atoms with Crippen LogP contribution in [0.1, 0.15) is 23.6 Å². The van der Waals surface area contributed by atoms with Gasteiger partial charge >= 0.3 is 0 Å². The lowest BCUT2D eigenvalue weighted by atomic mass is 9.83. The van der Waals surface area contributed by atoms with Crippen LogP contribution in [0.15, 0.2) is 47.3 Å². The number of nitriles is 1. The number of amides is 1. The smallest absolute Gasteiger partial charge is 0.250 e. The molecule has 4 rings (SSSR count). The number of benzene rings is 1. The van der Waals surface area contributed by atoms with Crippen molar-refractivity contribution < 1.29 is 4.79 Å². The van der Waals surface area contributed by atoms with E-state index in [4.69, 9.17) is 17.5 Å². The van der Waals surface area contributed by atoms with Crippen LogP contribution in [0.4, 0.5) is 5.69 Å². The van der Waals surface area contributed by atoms with Crippen LogP contribution in [-0.4, -0.2) is 38.5 Å². The minimum atomic E-state index is -0.186. The number of para-hydroxylation sites is 1. The summed E-state index contributed by atoms with van der Waals surface area (Å²) >= 11 is 6.94. The summed E-state index contributed by atoms with van der Waals surface area (Å²) in [5.74, 6) is 0.678. The molecular formula is C21H20N4O2S2. The summed E-state index contributed by atoms with van der Waals surface area (Å²) in [6.07, 6.45) is 1.07. The van der Waals surface area contributed by atoms with Crippen LogP contribution in [0.5, 0.6) is 0 Å². The molecule has 1 aromatic carbocycles. The zero-order valence-corrected chi connectivity index (χ0v) is 17.3. The molecule has 2 aromatic rings. The zero-order chi connectivity index (χ0) is 20.4. The van der Waals surface area contributed by atoms with Crippen LogP contribution in [-0.2, 0) is 11.3 Å². The maximum Gasteiger partial charge on any atom is 0.250 e. The molecule has 1 N–H and O–H groups in total. The standard InChI is InChI=1S/C21H20N4O2S2/c22-9-15-4-1-2-5-17(15)23-19(26)13-29-21(28)24-10-14-8-16(12-24)18-6-3-7-20(27)25(18)11-14/h1-7,14,16H,8,10-13H2,(H,23,26). The number of carbonyl (C=O) groups is 1. The first-order valence-electron chi connectivity index (χ1n) is 9.45. The predicted molar refractivity (Wildman–Crippen MR) is 118 cm³/mol. The number of fused-ring (bicyclic) bond motifs is 4. The number of aromatic nitrogens is 1. The van der Waals surface area contributed by atoms with Gasteiger partial charge in [0.25, 0.3) is 5.56 Å². The van der Waals surface area contributed by atoms with Gasteiger partial charge in [-0.15, -0.1) is 0 Å². The number of hydrogen-bond acceptors (Lipinski definition) is 5. The fourth-order valence-electron chi connectivity index (χ4n) is 4.14. The lowest BCUT2D eigenvalue weighted by Crippen LogP contribution is -2.48. The van der Waals surface area contributed by atoms with E-state index >= 15 is 0 Å². The largest absolute Gasteiger partial charge is 0.356 e. The van der Waals surface area contributed by atoms with Gasteiger partial charge in [-0.05, 0) is 30.5 Å². The van der Waals surface area contributed by atoms with E-state index < -0.39 is 0 Å². The first kappa shape index (κ1) is 19.7. The van der Waals surface area contributed by atoms with Gasteiger partial charge in [0.1, 0.15) is 10.4 Å². The highest BCUT2D eigenvalue weighted by Crippen LogP contribution is 2.36. The van der Waals surface area contributed by atoms with Crippen molar-refractivity contribution in [3.05, 3.63) is 64.1 Å². The number of anilines is 1. The van der Waals surface area contributed by atoms with E-state index in [2.05, 4.69) is 16.3 Å². The van der Waals surface area contributed by atoms with Crippen LogP contribution in [0.2, 0.25) is 0 Å². The lowest BCUT2D eigenvalue weighted by Gasteiger charge is -2.43. The third-order valence-corrected chi connectivity index (χ3v) is 6.91. The van der Waals surface area contributed by atoms with E-state index in [0.717, 1.165) is 31.7 Å². The Morgan fingerprint density at radius 3 is 2.86 bits per heavy atom. The molecule has 3 heterocycles. The number of pyridine rings is 1. The molecule has 2 atom stereocenters. The molecular weight excluding hydrogens is 404 g/mol. The Morgan fingerprint density at radius 1 is 1.21 bits per heavy atom. The van der Waals surface area contributed by atoms with Crippen molar-refractivity contribution in [3.8, 4) is 6.07 Å². The van der Waals surface area contributed by atoms with E-state index in [1.165, 1.54) is 11.8 Å². The summed E-state index contributed by atoms with van der Waals surface area (Å²) in [5, 5.41) is 11.9. The van der Waals surface area contributed by atoms with E-state index in [9.17, 15) is 9.59 Å². The molecule has 1 aromatic heterocycles. The Kier molecular flexibility index (Phi) is 5.69. The zero-order valence-electron chi connectivity index (χ0n) is 15.7. The Morgan fingerprint density at radius 2 is 2.03 bits per heavy atom. The normalized spacial score (nSPS) is 19.8. The maximum absolute atomic E-state index is 12.3. The molecule has 6 nitrogen and oxygen atoms in total. The summed E-state index contributed by atoms with van der Waals surface area (Å²) in [6, 6.07) is 14.5. The van der Waals surface area contributed by atoms with Crippen molar-refractivity contribution in [2.24, 2.45) is 5.92 Å². The summed E-state index contributed by atoms with van der Waals surface area (Å²) in [7, 11) is 0. The summed E-state index contributed by atoms with van der Waals surface area (Å²) in [5.41, 5.74) is 2.10. The van der Waals surface area contributed by atoms with Crippen LogP contribution < -0.4 is 10.9 Å². The topological polar surface area (TPSA) is 78.1 Å². The molecule has 2 bridgehead atoms. The second-order valence-electron chi connectivity index (χ2n) is 7.36. The molecule has 148 valence electrons. The van der Waals surface area contributed by atoms with Gasteiger partial charge in [-0.2, -0.15) is 5.26 Å². The quantitative estimate of drug-likeness (QED) is 0.764. The second-order valence-corrected chi connectivity index (χ2v) is 8.97. The van der Waals surface area contributed by atoms with Crippen LogP contribution in [0.25, 0.3) is 0 Å². The summed E-state index contributed by atoms with van der Waals surface area (Å²) in [4.78, 5) is 26.6. The number of nitrogens with zero attached hydrogens (tertiary/aromatic N) is 3. The van der Waals surface area contributed by atoms with Gasteiger partial charge in [-0.25, -0.2) is 0 Å². The highest BCUT2D eigenvalue weighted by molar-refractivity contribution is 8.23. The van der Waals surface area contributed by atoms with Gasteiger partial charge in [0.05, 0.1) is 17.0 Å². The monoisotopic (exact) mass is 424 g/mol. The molecule has 1 fully saturated rings. The minimum absolute atomic E-state index is 0.0666. The van der Waals surface area contributed by atoms with Crippen molar-refractivity contribution in [2.75, 3.05) is 24.2 Å². The Labute approximate surface area is 178 Å². The molecule has 29 heavy (non-hydrogen) atoms. The van der Waals surface area contributed by atoms with Crippen molar-refractivity contribution >= 4 is 39.9 Å². The fraction of sp³-hybridized carbons (Fsp3) is 0.333. The molecule has 2 unspecified atom stereocenters. The van der Waals surface area contributed by atoms with E-state index in [-0.39, 0.29) is 23.1 Å². The SMILES string of the molecule is N#Cc1ccccc1NC(=O)CSC(=S)N1CC2CC(C1)c1cccc(=O)n1C2. The third-order valence-electron chi connectivity index (χ3n) is 5.39. The van der Waals surface area contributed by atoms with Gasteiger partial charge in [-0.1, -0.05) is 42.2 Å². The summed E-state index contributed by atoms with van der Waals surface area (Å²) in [6.45, 7) is 2.30. The number of likely N-dealkylation sites (tertiary alicyclic amines) is 1. The number of thioether (sulfide) groups is 1. The van der Waals surface area contributed by atoms with Crippen LogP contribution >= 0.6 is 24.0 Å². The number of nitrogens with one attached hydrogen (secondary N) is 1. The molecule has 8 heteroatoms. The molecule has 2 aliphatic heterocycles. The second kappa shape index (κ2) is 8.39. The van der Waals surface area contributed by atoms with Crippen molar-refractivity contribution in [3.63, 3.8) is 0 Å². The molecule has 1 saturated heterocycles. The van der Waals surface area contributed by atoms with Gasteiger partial charge in [0, 0.05) is 37.3 Å². The predicted octanol–water partition coefficient (Wildman–Crippen LogP) is 2.80. The van der Waals surface area contributed by atoms with E-state index in [0.29, 0.717) is 21.5 Å². The van der Waals surface area contributed by atoms with E-state index in [1.807, 2.05) is 16.7 Å². The van der Waals surface area contributed by atoms with Gasteiger partial charge in [0.15, 0.2) is 0 Å². The Balaban J connectivity index is 1.36. The van der Waals surface area contributed by atoms with Crippen molar-refractivity contribution in [1.82, 2.24) is 9.47 Å². The number of carbonyl (C=O) groups excluding carboxylic acids is 1. The molecule has 0 aliphatic carbocycles. The van der Waals surface area contributed by atoms with Gasteiger partial charge in [0.2, 0.25) is 5.91 Å². The Bertz CT molecular complexity index is 1060. The molecule has 0 spiro atoms.